The van der Waals surface area contributed by atoms with E-state index in [4.69, 9.17) is 23.7 Å². The molecule has 0 fully saturated rings. The van der Waals surface area contributed by atoms with Crippen LogP contribution in [0.5, 0.6) is 23.0 Å². The highest BCUT2D eigenvalue weighted by Crippen LogP contribution is 2.46. The van der Waals surface area contributed by atoms with Crippen LogP contribution in [0.15, 0.2) is 36.4 Å². The molecule has 0 saturated heterocycles. The number of rotatable bonds is 7. The largest absolute Gasteiger partial charge is 0.493 e. The van der Waals surface area contributed by atoms with Gasteiger partial charge in [0.1, 0.15) is 5.56 Å². The average molecular weight is 358 g/mol. The van der Waals surface area contributed by atoms with Crippen LogP contribution >= 0.6 is 0 Å². The molecule has 0 aliphatic carbocycles. The van der Waals surface area contributed by atoms with Crippen LogP contribution in [0.3, 0.4) is 0 Å². The highest BCUT2D eigenvalue weighted by molar-refractivity contribution is 5.95. The predicted octanol–water partition coefficient (Wildman–Crippen LogP) is 1.19. The summed E-state index contributed by atoms with van der Waals surface area (Å²) in [5, 5.41) is 0. The number of ether oxygens (including phenoxy) is 5. The van der Waals surface area contributed by atoms with Crippen molar-refractivity contribution in [2.75, 3.05) is 35.0 Å². The number of methoxy groups -OCH3 is 4. The van der Waals surface area contributed by atoms with E-state index in [-0.39, 0.29) is 6.04 Å². The molecule has 138 valence electrons. The quantitative estimate of drug-likeness (QED) is 0.806. The molecule has 1 aliphatic heterocycles. The second kappa shape index (κ2) is 7.99. The van der Waals surface area contributed by atoms with Gasteiger partial charge in [-0.1, -0.05) is 30.3 Å². The Bertz CT molecular complexity index is 789. The van der Waals surface area contributed by atoms with Crippen molar-refractivity contribution in [3.63, 3.8) is 0 Å². The summed E-state index contributed by atoms with van der Waals surface area (Å²) < 4.78 is 27.8. The fourth-order valence-corrected chi connectivity index (χ4v) is 3.12. The maximum Gasteiger partial charge on any atom is 0.372 e. The summed E-state index contributed by atoms with van der Waals surface area (Å²) in [5.41, 5.74) is 1.99. The average Bonchev–Trinajstić information content (AvgIpc) is 3.15. The molecule has 0 unspecified atom stereocenters. The van der Waals surface area contributed by atoms with Crippen molar-refractivity contribution in [1.29, 1.82) is 0 Å². The molecule has 3 rings (SSSR count). The molecule has 0 amide bonds. The molecular formula is C20H24NO5+. The Morgan fingerprint density at radius 3 is 2.23 bits per heavy atom. The van der Waals surface area contributed by atoms with Gasteiger partial charge in [-0.15, -0.1) is 0 Å². The van der Waals surface area contributed by atoms with E-state index in [0.717, 1.165) is 12.0 Å². The molecule has 0 bridgehead atoms. The molecule has 6 heteroatoms. The third-order valence-corrected chi connectivity index (χ3v) is 4.32. The zero-order chi connectivity index (χ0) is 18.5. The Morgan fingerprint density at radius 1 is 0.923 bits per heavy atom. The van der Waals surface area contributed by atoms with Crippen molar-refractivity contribution in [2.45, 2.75) is 12.5 Å². The maximum absolute atomic E-state index is 5.91. The number of benzene rings is 2. The summed E-state index contributed by atoms with van der Waals surface area (Å²) in [6.07, 6.45) is 0.872. The van der Waals surface area contributed by atoms with E-state index in [1.54, 1.807) is 28.4 Å². The zero-order valence-corrected chi connectivity index (χ0v) is 15.5. The first kappa shape index (κ1) is 17.9. The Kier molecular flexibility index (Phi) is 5.51. The summed E-state index contributed by atoms with van der Waals surface area (Å²) in [5.74, 6) is 2.67. The molecule has 0 aromatic heterocycles. The summed E-state index contributed by atoms with van der Waals surface area (Å²) in [4.78, 5) is 3.43. The first-order valence-electron chi connectivity index (χ1n) is 8.39. The van der Waals surface area contributed by atoms with E-state index in [9.17, 15) is 0 Å². The van der Waals surface area contributed by atoms with Crippen LogP contribution in [0.4, 0.5) is 0 Å². The van der Waals surface area contributed by atoms with Crippen molar-refractivity contribution in [3.05, 3.63) is 47.5 Å². The Balaban J connectivity index is 1.96. The zero-order valence-electron chi connectivity index (χ0n) is 15.5. The van der Waals surface area contributed by atoms with Crippen LogP contribution in [0.25, 0.3) is 0 Å². The molecule has 26 heavy (non-hydrogen) atoms. The summed E-state index contributed by atoms with van der Waals surface area (Å²) in [6, 6.07) is 12.3. The predicted molar refractivity (Wildman–Crippen MR) is 97.6 cm³/mol. The molecule has 0 saturated carbocycles. The molecule has 1 heterocycles. The van der Waals surface area contributed by atoms with E-state index in [2.05, 4.69) is 17.1 Å². The van der Waals surface area contributed by atoms with Gasteiger partial charge >= 0.3 is 5.90 Å². The molecule has 0 radical (unpaired) electrons. The lowest BCUT2D eigenvalue weighted by atomic mass is 10.1. The van der Waals surface area contributed by atoms with Gasteiger partial charge in [0.05, 0.1) is 28.4 Å². The van der Waals surface area contributed by atoms with Crippen molar-refractivity contribution in [3.8, 4) is 23.0 Å². The fourth-order valence-electron chi connectivity index (χ4n) is 3.12. The smallest absolute Gasteiger partial charge is 0.372 e. The Hall–Kier alpha value is -2.89. The van der Waals surface area contributed by atoms with Crippen LogP contribution in [0, 0.1) is 0 Å². The molecule has 1 N–H and O–H groups in total. The Labute approximate surface area is 153 Å². The minimum absolute atomic E-state index is 0.177. The minimum atomic E-state index is 0.177. The van der Waals surface area contributed by atoms with Crippen molar-refractivity contribution in [2.24, 2.45) is 0 Å². The summed E-state index contributed by atoms with van der Waals surface area (Å²) >= 11 is 0. The second-order valence-electron chi connectivity index (χ2n) is 5.90. The highest BCUT2D eigenvalue weighted by Gasteiger charge is 2.33. The number of hydrogen-bond acceptors (Lipinski definition) is 5. The van der Waals surface area contributed by atoms with Gasteiger partial charge in [-0.25, -0.2) is 4.99 Å². The van der Waals surface area contributed by atoms with Gasteiger partial charge < -0.3 is 23.7 Å². The lowest BCUT2D eigenvalue weighted by Gasteiger charge is -2.16. The molecule has 6 nitrogen and oxygen atoms in total. The van der Waals surface area contributed by atoms with Crippen molar-refractivity contribution in [1.82, 2.24) is 0 Å². The lowest BCUT2D eigenvalue weighted by molar-refractivity contribution is -0.489. The SMILES string of the molecule is COc1cc(C2=[NH+][C@@H](Cc3ccccc3)CO2)c(OC)c(OC)c1OC. The van der Waals surface area contributed by atoms with Crippen LogP contribution in [0.1, 0.15) is 11.1 Å². The molecular weight excluding hydrogens is 334 g/mol. The Morgan fingerprint density at radius 2 is 1.62 bits per heavy atom. The monoisotopic (exact) mass is 358 g/mol. The van der Waals surface area contributed by atoms with E-state index < -0.39 is 0 Å². The van der Waals surface area contributed by atoms with Gasteiger partial charge in [0, 0.05) is 12.5 Å². The van der Waals surface area contributed by atoms with E-state index in [1.165, 1.54) is 5.56 Å². The second-order valence-corrected chi connectivity index (χ2v) is 5.90. The summed E-state index contributed by atoms with van der Waals surface area (Å²) in [6.45, 7) is 0.573. The normalized spacial score (nSPS) is 15.8. The van der Waals surface area contributed by atoms with Crippen molar-refractivity contribution < 1.29 is 28.7 Å². The van der Waals surface area contributed by atoms with E-state index in [1.807, 2.05) is 24.3 Å². The topological polar surface area (TPSA) is 60.1 Å². The number of hydrogen-bond donors (Lipinski definition) is 1. The van der Waals surface area contributed by atoms with Crippen LogP contribution < -0.4 is 23.9 Å². The highest BCUT2D eigenvalue weighted by atomic mass is 16.5. The van der Waals surface area contributed by atoms with Gasteiger partial charge in [0.25, 0.3) is 0 Å². The minimum Gasteiger partial charge on any atom is -0.493 e. The van der Waals surface area contributed by atoms with Crippen LogP contribution in [0.2, 0.25) is 0 Å². The van der Waals surface area contributed by atoms with Gasteiger partial charge in [-0.2, -0.15) is 0 Å². The van der Waals surface area contributed by atoms with Gasteiger partial charge in [0.15, 0.2) is 24.1 Å². The van der Waals surface area contributed by atoms with E-state index in [0.29, 0.717) is 35.5 Å². The molecule has 1 atom stereocenters. The third-order valence-electron chi connectivity index (χ3n) is 4.32. The first-order chi connectivity index (χ1) is 12.7. The summed E-state index contributed by atoms with van der Waals surface area (Å²) in [7, 11) is 6.30. The first-order valence-corrected chi connectivity index (χ1v) is 8.39. The maximum atomic E-state index is 5.91. The molecule has 2 aromatic rings. The lowest BCUT2D eigenvalue weighted by Crippen LogP contribution is -2.77. The third kappa shape index (κ3) is 3.40. The van der Waals surface area contributed by atoms with Gasteiger partial charge in [-0.3, -0.25) is 0 Å². The van der Waals surface area contributed by atoms with Gasteiger partial charge in [0.2, 0.25) is 11.5 Å². The van der Waals surface area contributed by atoms with Gasteiger partial charge in [-0.05, 0) is 5.56 Å². The van der Waals surface area contributed by atoms with Crippen LogP contribution in [-0.2, 0) is 11.2 Å². The van der Waals surface area contributed by atoms with E-state index >= 15 is 0 Å². The van der Waals surface area contributed by atoms with Crippen LogP contribution in [-0.4, -0.2) is 47.0 Å². The fraction of sp³-hybridized carbons (Fsp3) is 0.350. The standard InChI is InChI=1S/C20H23NO5/c1-22-16-11-15(17(23-2)19(25-4)18(16)24-3)20-21-14(12-26-20)10-13-8-6-5-7-9-13/h5-9,11,14H,10,12H2,1-4H3/p+1/t14-/m0/s1. The number of nitrogens with one attached hydrogen (secondary N) is 1. The molecule has 2 aromatic carbocycles. The molecule has 1 aliphatic rings. The molecule has 0 spiro atoms. The van der Waals surface area contributed by atoms with Crippen molar-refractivity contribution >= 4 is 5.90 Å².